The average molecular weight is 450 g/mol. The van der Waals surface area contributed by atoms with E-state index in [1.54, 1.807) is 41.0 Å². The summed E-state index contributed by atoms with van der Waals surface area (Å²) in [5, 5.41) is 0. The lowest BCUT2D eigenvalue weighted by Gasteiger charge is -2.11. The first-order valence-corrected chi connectivity index (χ1v) is 9.90. The molecule has 3 heterocycles. The van der Waals surface area contributed by atoms with Crippen LogP contribution in [0.25, 0.3) is 28.2 Å². The van der Waals surface area contributed by atoms with E-state index in [2.05, 4.69) is 19.7 Å². The lowest BCUT2D eigenvalue weighted by Crippen LogP contribution is -2.18. The molecule has 4 rings (SSSR count). The van der Waals surface area contributed by atoms with Crippen molar-refractivity contribution in [3.8, 4) is 23.0 Å². The van der Waals surface area contributed by atoms with Crippen LogP contribution in [0.2, 0.25) is 0 Å². The quantitative estimate of drug-likeness (QED) is 0.402. The first-order valence-electron chi connectivity index (χ1n) is 9.37. The van der Waals surface area contributed by atoms with Gasteiger partial charge in [0.25, 0.3) is 0 Å². The van der Waals surface area contributed by atoms with Crippen molar-refractivity contribution in [3.05, 3.63) is 60.3 Å². The highest BCUT2D eigenvalue weighted by Gasteiger charge is 2.32. The van der Waals surface area contributed by atoms with Gasteiger partial charge in [0.2, 0.25) is 5.88 Å². The van der Waals surface area contributed by atoms with Gasteiger partial charge >= 0.3 is 6.36 Å². The summed E-state index contributed by atoms with van der Waals surface area (Å²) in [4.78, 5) is 12.6. The van der Waals surface area contributed by atoms with Crippen LogP contribution in [0.4, 0.5) is 19.0 Å². The van der Waals surface area contributed by atoms with E-state index in [1.165, 1.54) is 12.3 Å². The number of halogens is 4. The SMILES string of the molecule is CC.Nc1ncccc1-c1nc2ccc(OC(F)(F)F)nc2n1-c1ccc(CCl)cc1. The normalized spacial score (nSPS) is 11.2. The molecule has 31 heavy (non-hydrogen) atoms. The Morgan fingerprint density at radius 3 is 2.35 bits per heavy atom. The molecule has 0 bridgehead atoms. The molecule has 0 atom stereocenters. The summed E-state index contributed by atoms with van der Waals surface area (Å²) in [5.74, 6) is 0.359. The van der Waals surface area contributed by atoms with Gasteiger partial charge in [0.1, 0.15) is 11.3 Å². The van der Waals surface area contributed by atoms with Gasteiger partial charge < -0.3 is 10.5 Å². The fourth-order valence-electron chi connectivity index (χ4n) is 2.88. The number of ether oxygens (including phenoxy) is 1. The van der Waals surface area contributed by atoms with Crippen molar-refractivity contribution >= 4 is 28.6 Å². The molecule has 1 aromatic carbocycles. The summed E-state index contributed by atoms with van der Waals surface area (Å²) in [7, 11) is 0. The van der Waals surface area contributed by atoms with E-state index in [0.29, 0.717) is 28.5 Å². The number of benzene rings is 1. The second kappa shape index (κ2) is 9.22. The molecule has 3 aromatic heterocycles. The molecule has 0 aliphatic heterocycles. The van der Waals surface area contributed by atoms with Crippen LogP contribution in [-0.2, 0) is 5.88 Å². The molecule has 0 aliphatic rings. The van der Waals surface area contributed by atoms with Crippen molar-refractivity contribution < 1.29 is 17.9 Å². The third kappa shape index (κ3) is 4.88. The van der Waals surface area contributed by atoms with Gasteiger partial charge in [-0.3, -0.25) is 4.57 Å². The number of anilines is 1. The zero-order valence-corrected chi connectivity index (χ0v) is 17.4. The minimum absolute atomic E-state index is 0.184. The first-order chi connectivity index (χ1) is 14.9. The number of imidazole rings is 1. The van der Waals surface area contributed by atoms with Crippen molar-refractivity contribution in [2.75, 3.05) is 5.73 Å². The molecule has 0 saturated heterocycles. The average Bonchev–Trinajstić information content (AvgIpc) is 3.13. The van der Waals surface area contributed by atoms with Gasteiger partial charge in [-0.05, 0) is 35.9 Å². The standard InChI is InChI=1S/C19H13ClF3N5O.C2H6/c20-10-11-3-5-12(6-4-11)28-17(13-2-1-9-25-16(13)24)26-14-7-8-15(27-18(14)28)29-19(21,22)23;1-2/h1-9H,10H2,(H2,24,25);1-2H3. The Bertz CT molecular complexity index is 1180. The highest BCUT2D eigenvalue weighted by Crippen LogP contribution is 2.32. The summed E-state index contributed by atoms with van der Waals surface area (Å²) < 4.78 is 43.5. The van der Waals surface area contributed by atoms with E-state index in [4.69, 9.17) is 17.3 Å². The summed E-state index contributed by atoms with van der Waals surface area (Å²) in [6, 6.07) is 13.1. The van der Waals surface area contributed by atoms with E-state index in [0.717, 1.165) is 11.6 Å². The molecule has 0 unspecified atom stereocenters. The van der Waals surface area contributed by atoms with Crippen molar-refractivity contribution in [1.29, 1.82) is 0 Å². The van der Waals surface area contributed by atoms with Gasteiger partial charge in [-0.2, -0.15) is 4.98 Å². The number of pyridine rings is 2. The Kier molecular flexibility index (Phi) is 6.65. The van der Waals surface area contributed by atoms with E-state index in [-0.39, 0.29) is 11.5 Å². The second-order valence-electron chi connectivity index (χ2n) is 6.05. The second-order valence-corrected chi connectivity index (χ2v) is 6.31. The number of nitrogens with zero attached hydrogens (tertiary/aromatic N) is 4. The largest absolute Gasteiger partial charge is 0.574 e. The topological polar surface area (TPSA) is 78.8 Å². The van der Waals surface area contributed by atoms with Gasteiger partial charge in [-0.1, -0.05) is 26.0 Å². The summed E-state index contributed by atoms with van der Waals surface area (Å²) in [6.45, 7) is 4.00. The molecule has 4 aromatic rings. The highest BCUT2D eigenvalue weighted by atomic mass is 35.5. The predicted molar refractivity (Wildman–Crippen MR) is 114 cm³/mol. The third-order valence-electron chi connectivity index (χ3n) is 4.13. The number of nitrogens with two attached hydrogens (primary N) is 1. The predicted octanol–water partition coefficient (Wildman–Crippen LogP) is 5.73. The molecule has 0 amide bonds. The number of aromatic nitrogens is 4. The Balaban J connectivity index is 0.00000132. The fourth-order valence-corrected chi connectivity index (χ4v) is 3.06. The number of hydrogen-bond acceptors (Lipinski definition) is 5. The molecule has 0 radical (unpaired) electrons. The minimum Gasteiger partial charge on any atom is -0.388 e. The van der Waals surface area contributed by atoms with Crippen LogP contribution in [0.3, 0.4) is 0 Å². The zero-order chi connectivity index (χ0) is 22.6. The third-order valence-corrected chi connectivity index (χ3v) is 4.44. The maximum Gasteiger partial charge on any atom is 0.574 e. The highest BCUT2D eigenvalue weighted by molar-refractivity contribution is 6.17. The van der Waals surface area contributed by atoms with Crippen LogP contribution >= 0.6 is 11.6 Å². The monoisotopic (exact) mass is 449 g/mol. The molecule has 0 saturated carbocycles. The van der Waals surface area contributed by atoms with Crippen LogP contribution in [0.15, 0.2) is 54.7 Å². The molecule has 6 nitrogen and oxygen atoms in total. The van der Waals surface area contributed by atoms with E-state index >= 15 is 0 Å². The Morgan fingerprint density at radius 1 is 1.03 bits per heavy atom. The van der Waals surface area contributed by atoms with Crippen molar-refractivity contribution in [1.82, 2.24) is 19.5 Å². The van der Waals surface area contributed by atoms with Gasteiger partial charge in [-0.25, -0.2) is 9.97 Å². The maximum atomic E-state index is 12.6. The summed E-state index contributed by atoms with van der Waals surface area (Å²) >= 11 is 5.85. The van der Waals surface area contributed by atoms with Gasteiger partial charge in [0.15, 0.2) is 11.5 Å². The van der Waals surface area contributed by atoms with Crippen molar-refractivity contribution in [3.63, 3.8) is 0 Å². The molecule has 2 N–H and O–H groups in total. The Morgan fingerprint density at radius 2 is 1.74 bits per heavy atom. The smallest absolute Gasteiger partial charge is 0.388 e. The van der Waals surface area contributed by atoms with Crippen LogP contribution in [0.1, 0.15) is 19.4 Å². The van der Waals surface area contributed by atoms with Crippen LogP contribution in [0, 0.1) is 0 Å². The fraction of sp³-hybridized carbons (Fsp3) is 0.190. The van der Waals surface area contributed by atoms with E-state index in [1.807, 2.05) is 13.8 Å². The lowest BCUT2D eigenvalue weighted by molar-refractivity contribution is -0.276. The summed E-state index contributed by atoms with van der Waals surface area (Å²) in [6.07, 6.45) is -3.32. The van der Waals surface area contributed by atoms with Gasteiger partial charge in [-0.15, -0.1) is 24.8 Å². The summed E-state index contributed by atoms with van der Waals surface area (Å²) in [5.41, 5.74) is 8.59. The Hall–Kier alpha value is -3.33. The molecule has 162 valence electrons. The molecular formula is C21H19ClF3N5O. The molecule has 0 spiro atoms. The number of rotatable bonds is 4. The van der Waals surface area contributed by atoms with E-state index in [9.17, 15) is 13.2 Å². The molecule has 10 heteroatoms. The first kappa shape index (κ1) is 22.4. The van der Waals surface area contributed by atoms with Gasteiger partial charge in [0, 0.05) is 23.8 Å². The molecule has 0 aliphatic carbocycles. The van der Waals surface area contributed by atoms with Crippen LogP contribution < -0.4 is 10.5 Å². The number of alkyl halides is 4. The van der Waals surface area contributed by atoms with Crippen LogP contribution in [0.5, 0.6) is 5.88 Å². The number of nitrogen functional groups attached to an aromatic ring is 1. The van der Waals surface area contributed by atoms with Crippen LogP contribution in [-0.4, -0.2) is 25.9 Å². The molecule has 0 fully saturated rings. The van der Waals surface area contributed by atoms with Crippen molar-refractivity contribution in [2.24, 2.45) is 0 Å². The Labute approximate surface area is 181 Å². The minimum atomic E-state index is -4.86. The number of fused-ring (bicyclic) bond motifs is 1. The van der Waals surface area contributed by atoms with Gasteiger partial charge in [0.05, 0.1) is 5.56 Å². The number of hydrogen-bond donors (Lipinski definition) is 1. The van der Waals surface area contributed by atoms with Crippen molar-refractivity contribution in [2.45, 2.75) is 26.1 Å². The zero-order valence-electron chi connectivity index (χ0n) is 16.7. The lowest BCUT2D eigenvalue weighted by atomic mass is 10.2. The van der Waals surface area contributed by atoms with E-state index < -0.39 is 12.2 Å². The molecular weight excluding hydrogens is 431 g/mol. The maximum absolute atomic E-state index is 12.6.